The van der Waals surface area contributed by atoms with Gasteiger partial charge < -0.3 is 9.32 Å². The molecule has 1 aromatic heterocycles. The molecule has 0 aliphatic heterocycles. The molecule has 0 atom stereocenters. The first-order valence-corrected chi connectivity index (χ1v) is 17.0. The van der Waals surface area contributed by atoms with Crippen LogP contribution in [0.1, 0.15) is 0 Å². The molecule has 0 bridgehead atoms. The molecule has 2 heteroatoms. The van der Waals surface area contributed by atoms with Crippen molar-refractivity contribution in [3.8, 4) is 44.7 Å². The average Bonchev–Trinajstić information content (AvgIpc) is 3.59. The number of benzene rings is 8. The molecule has 0 aliphatic rings. The summed E-state index contributed by atoms with van der Waals surface area (Å²) in [5, 5.41) is 3.47. The number of hydrogen-bond acceptors (Lipinski definition) is 2. The molecular weight excluding hydrogens is 607 g/mol. The Bertz CT molecular complexity index is 2560. The average molecular weight is 640 g/mol. The number of furan rings is 1. The van der Waals surface area contributed by atoms with E-state index in [1.54, 1.807) is 0 Å². The molecular formula is C48H33NO. The van der Waals surface area contributed by atoms with E-state index in [2.05, 4.69) is 199 Å². The van der Waals surface area contributed by atoms with Gasteiger partial charge in [0.15, 0.2) is 0 Å². The quantitative estimate of drug-likeness (QED) is 0.173. The van der Waals surface area contributed by atoms with Gasteiger partial charge in [0, 0.05) is 27.6 Å². The lowest BCUT2D eigenvalue weighted by Crippen LogP contribution is -2.11. The fourth-order valence-electron chi connectivity index (χ4n) is 7.09. The summed E-state index contributed by atoms with van der Waals surface area (Å²) in [6.45, 7) is 0. The monoisotopic (exact) mass is 639 g/mol. The lowest BCUT2D eigenvalue weighted by molar-refractivity contribution is 0.632. The second-order valence-electron chi connectivity index (χ2n) is 12.5. The fraction of sp³-hybridized carbons (Fsp3) is 0. The van der Waals surface area contributed by atoms with Crippen molar-refractivity contribution in [3.63, 3.8) is 0 Å². The fourth-order valence-corrected chi connectivity index (χ4v) is 7.09. The van der Waals surface area contributed by atoms with Crippen LogP contribution in [-0.4, -0.2) is 0 Å². The van der Waals surface area contributed by atoms with Crippen molar-refractivity contribution >= 4 is 38.8 Å². The summed E-state index contributed by atoms with van der Waals surface area (Å²) in [6.07, 6.45) is 0. The van der Waals surface area contributed by atoms with Crippen LogP contribution < -0.4 is 4.90 Å². The molecule has 236 valence electrons. The zero-order valence-corrected chi connectivity index (χ0v) is 27.4. The Kier molecular flexibility index (Phi) is 7.53. The highest BCUT2D eigenvalue weighted by Crippen LogP contribution is 2.48. The molecule has 0 saturated carbocycles. The first-order chi connectivity index (χ1) is 24.8. The molecule has 9 rings (SSSR count). The van der Waals surface area contributed by atoms with Crippen LogP contribution >= 0.6 is 0 Å². The second kappa shape index (κ2) is 12.8. The number of rotatable bonds is 7. The highest BCUT2D eigenvalue weighted by Gasteiger charge is 2.24. The number of anilines is 3. The van der Waals surface area contributed by atoms with E-state index in [0.29, 0.717) is 0 Å². The largest absolute Gasteiger partial charge is 0.455 e. The van der Waals surface area contributed by atoms with Gasteiger partial charge in [-0.3, -0.25) is 0 Å². The molecule has 8 aromatic carbocycles. The summed E-state index contributed by atoms with van der Waals surface area (Å²) in [5.41, 5.74) is 12.1. The Labute approximate surface area is 292 Å². The van der Waals surface area contributed by atoms with E-state index in [4.69, 9.17) is 4.42 Å². The molecule has 0 aliphatic carbocycles. The van der Waals surface area contributed by atoms with Gasteiger partial charge in [0.25, 0.3) is 0 Å². The van der Waals surface area contributed by atoms with E-state index in [0.717, 1.165) is 50.5 Å². The highest BCUT2D eigenvalue weighted by molar-refractivity contribution is 6.06. The number of fused-ring (bicyclic) bond motifs is 2. The van der Waals surface area contributed by atoms with Gasteiger partial charge in [-0.05, 0) is 69.6 Å². The van der Waals surface area contributed by atoms with Gasteiger partial charge in [-0.2, -0.15) is 0 Å². The zero-order chi connectivity index (χ0) is 33.3. The number of nitrogens with zero attached hydrogens (tertiary/aromatic N) is 1. The van der Waals surface area contributed by atoms with E-state index >= 15 is 0 Å². The molecule has 0 amide bonds. The van der Waals surface area contributed by atoms with Gasteiger partial charge in [-0.15, -0.1) is 0 Å². The van der Waals surface area contributed by atoms with Crippen LogP contribution in [-0.2, 0) is 0 Å². The lowest BCUT2D eigenvalue weighted by atomic mass is 9.96. The van der Waals surface area contributed by atoms with Crippen molar-refractivity contribution in [2.24, 2.45) is 0 Å². The molecule has 0 fully saturated rings. The third kappa shape index (κ3) is 5.34. The SMILES string of the molecule is c1ccc(-c2ccc(-c3ccc(N(c4ccccc4-c4oc5ccccc5c4-c4ccccc4)c4cccc5ccccc45)cc3)cc2)cc1. The summed E-state index contributed by atoms with van der Waals surface area (Å²) in [5.74, 6) is 0.855. The Morgan fingerprint density at radius 2 is 0.840 bits per heavy atom. The third-order valence-corrected chi connectivity index (χ3v) is 9.51. The van der Waals surface area contributed by atoms with Gasteiger partial charge in [-0.1, -0.05) is 164 Å². The van der Waals surface area contributed by atoms with Crippen LogP contribution in [0.15, 0.2) is 205 Å². The van der Waals surface area contributed by atoms with Crippen molar-refractivity contribution in [3.05, 3.63) is 200 Å². The molecule has 0 saturated heterocycles. The van der Waals surface area contributed by atoms with Crippen LogP contribution in [0.5, 0.6) is 0 Å². The minimum absolute atomic E-state index is 0.855. The standard InChI is InChI=1S/C48H33NO/c1-3-14-34(15-4-1)35-26-28-36(29-27-35)37-30-32-40(33-31-37)49(44-24-13-19-38-16-7-8-20-41(38)44)45-23-11-9-21-42(45)48-47(39-17-5-2-6-18-39)43-22-10-12-25-46(43)50-48/h1-33H. The molecule has 0 N–H and O–H groups in total. The van der Waals surface area contributed by atoms with Crippen LogP contribution in [0.25, 0.3) is 66.4 Å². The van der Waals surface area contributed by atoms with E-state index in [1.807, 2.05) is 6.07 Å². The topological polar surface area (TPSA) is 16.4 Å². The normalized spacial score (nSPS) is 11.2. The predicted octanol–water partition coefficient (Wildman–Crippen LogP) is 13.7. The van der Waals surface area contributed by atoms with Crippen LogP contribution in [0.2, 0.25) is 0 Å². The predicted molar refractivity (Wildman–Crippen MR) is 210 cm³/mol. The smallest absolute Gasteiger partial charge is 0.145 e. The molecule has 50 heavy (non-hydrogen) atoms. The van der Waals surface area contributed by atoms with Crippen LogP contribution in [0.4, 0.5) is 17.1 Å². The first kappa shape index (κ1) is 29.5. The summed E-state index contributed by atoms with van der Waals surface area (Å²) >= 11 is 0. The van der Waals surface area contributed by atoms with Gasteiger partial charge >= 0.3 is 0 Å². The van der Waals surface area contributed by atoms with Crippen molar-refractivity contribution in [1.82, 2.24) is 0 Å². The number of hydrogen-bond donors (Lipinski definition) is 0. The molecule has 9 aromatic rings. The Hall–Kier alpha value is -6.64. The molecule has 0 radical (unpaired) electrons. The summed E-state index contributed by atoms with van der Waals surface area (Å²) in [7, 11) is 0. The molecule has 0 spiro atoms. The van der Waals surface area contributed by atoms with E-state index in [9.17, 15) is 0 Å². The maximum absolute atomic E-state index is 6.78. The summed E-state index contributed by atoms with van der Waals surface area (Å²) < 4.78 is 6.78. The van der Waals surface area contributed by atoms with Crippen LogP contribution in [0, 0.1) is 0 Å². The minimum atomic E-state index is 0.855. The summed E-state index contributed by atoms with van der Waals surface area (Å²) in [4.78, 5) is 2.38. The Morgan fingerprint density at radius 1 is 0.340 bits per heavy atom. The molecule has 0 unspecified atom stereocenters. The van der Waals surface area contributed by atoms with Gasteiger partial charge in [0.2, 0.25) is 0 Å². The van der Waals surface area contributed by atoms with Crippen molar-refractivity contribution in [2.75, 3.05) is 4.90 Å². The minimum Gasteiger partial charge on any atom is -0.455 e. The van der Waals surface area contributed by atoms with Gasteiger partial charge in [0.05, 0.1) is 11.4 Å². The van der Waals surface area contributed by atoms with Gasteiger partial charge in [-0.25, -0.2) is 0 Å². The van der Waals surface area contributed by atoms with Crippen LogP contribution in [0.3, 0.4) is 0 Å². The van der Waals surface area contributed by atoms with E-state index in [1.165, 1.54) is 33.0 Å². The van der Waals surface area contributed by atoms with Crippen molar-refractivity contribution in [2.45, 2.75) is 0 Å². The van der Waals surface area contributed by atoms with Crippen molar-refractivity contribution in [1.29, 1.82) is 0 Å². The second-order valence-corrected chi connectivity index (χ2v) is 12.5. The van der Waals surface area contributed by atoms with Crippen molar-refractivity contribution < 1.29 is 4.42 Å². The summed E-state index contributed by atoms with van der Waals surface area (Å²) in [6, 6.07) is 70.9. The van der Waals surface area contributed by atoms with E-state index < -0.39 is 0 Å². The molecule has 2 nitrogen and oxygen atoms in total. The lowest BCUT2D eigenvalue weighted by Gasteiger charge is -2.29. The first-order valence-electron chi connectivity index (χ1n) is 17.0. The Morgan fingerprint density at radius 3 is 1.56 bits per heavy atom. The number of para-hydroxylation sites is 2. The van der Waals surface area contributed by atoms with Gasteiger partial charge in [0.1, 0.15) is 11.3 Å². The molecule has 1 heterocycles. The highest BCUT2D eigenvalue weighted by atomic mass is 16.3. The maximum Gasteiger partial charge on any atom is 0.145 e. The zero-order valence-electron chi connectivity index (χ0n) is 27.4. The van der Waals surface area contributed by atoms with E-state index in [-0.39, 0.29) is 0 Å². The third-order valence-electron chi connectivity index (χ3n) is 9.51. The maximum atomic E-state index is 6.78. The Balaban J connectivity index is 1.21.